The van der Waals surface area contributed by atoms with Crippen LogP contribution in [-0.2, 0) is 4.74 Å². The second-order valence-electron chi connectivity index (χ2n) is 6.23. The molecule has 0 radical (unpaired) electrons. The molecule has 27 heavy (non-hydrogen) atoms. The lowest BCUT2D eigenvalue weighted by atomic mass is 10.1. The Bertz CT molecular complexity index is 961. The number of hydrogen-bond acceptors (Lipinski definition) is 7. The van der Waals surface area contributed by atoms with Crippen molar-refractivity contribution in [1.29, 1.82) is 0 Å². The minimum atomic E-state index is -1.21. The van der Waals surface area contributed by atoms with Crippen molar-refractivity contribution in [3.05, 3.63) is 60.2 Å². The minimum absolute atomic E-state index is 0.254. The molecule has 1 saturated heterocycles. The van der Waals surface area contributed by atoms with Crippen LogP contribution in [0.25, 0.3) is 5.65 Å². The lowest BCUT2D eigenvalue weighted by Gasteiger charge is -2.14. The van der Waals surface area contributed by atoms with Gasteiger partial charge in [0.05, 0.1) is 18.5 Å². The number of anilines is 1. The molecule has 1 fully saturated rings. The molecular formula is C18H18N4O5. The molecule has 0 saturated carbocycles. The number of amides is 1. The molecule has 3 aromatic rings. The van der Waals surface area contributed by atoms with E-state index in [9.17, 15) is 20.1 Å². The monoisotopic (exact) mass is 370 g/mol. The zero-order valence-corrected chi connectivity index (χ0v) is 14.1. The highest BCUT2D eigenvalue weighted by Crippen LogP contribution is 2.34. The second-order valence-corrected chi connectivity index (χ2v) is 6.23. The fourth-order valence-electron chi connectivity index (χ4n) is 3.15. The van der Waals surface area contributed by atoms with Crippen LogP contribution in [0.5, 0.6) is 0 Å². The van der Waals surface area contributed by atoms with Crippen molar-refractivity contribution in [3.63, 3.8) is 0 Å². The number of benzene rings is 1. The number of carbonyl (C=O) groups excluding carboxylic acids is 1. The number of aliphatic hydroxyl groups excluding tert-OH is 3. The van der Waals surface area contributed by atoms with Gasteiger partial charge in [-0.25, -0.2) is 9.97 Å². The fraction of sp³-hybridized carbons (Fsp3) is 0.278. The molecule has 4 rings (SSSR count). The number of ether oxygens (including phenoxy) is 1. The molecule has 0 spiro atoms. The summed E-state index contributed by atoms with van der Waals surface area (Å²) in [6.07, 6.45) is 0.421. The van der Waals surface area contributed by atoms with Crippen LogP contribution in [0.2, 0.25) is 0 Å². The molecule has 0 unspecified atom stereocenters. The Labute approximate surface area is 153 Å². The van der Waals surface area contributed by atoms with Gasteiger partial charge in [-0.1, -0.05) is 18.2 Å². The molecular weight excluding hydrogens is 352 g/mol. The fourth-order valence-corrected chi connectivity index (χ4v) is 3.15. The highest BCUT2D eigenvalue weighted by molar-refractivity contribution is 6.05. The van der Waals surface area contributed by atoms with E-state index < -0.39 is 31.0 Å². The number of rotatable bonds is 4. The van der Waals surface area contributed by atoms with Crippen molar-refractivity contribution >= 4 is 17.4 Å². The van der Waals surface area contributed by atoms with Crippen molar-refractivity contribution in [2.45, 2.75) is 24.4 Å². The minimum Gasteiger partial charge on any atom is -0.394 e. The molecule has 3 heterocycles. The summed E-state index contributed by atoms with van der Waals surface area (Å²) in [5, 5.41) is 32.2. The lowest BCUT2D eigenvalue weighted by Crippen LogP contribution is -2.32. The smallest absolute Gasteiger partial charge is 0.256 e. The van der Waals surface area contributed by atoms with Crippen molar-refractivity contribution in [2.75, 3.05) is 11.9 Å². The summed E-state index contributed by atoms with van der Waals surface area (Å²) in [5.74, 6) is -0.0713. The molecule has 4 N–H and O–H groups in total. The SMILES string of the molecule is O=C(Nc1nccn2c([C@@H]3O[C@H](CO)[C@@H](O)[C@H]3O)cnc12)c1ccccc1. The van der Waals surface area contributed by atoms with Gasteiger partial charge in [-0.2, -0.15) is 0 Å². The molecule has 9 heteroatoms. The Morgan fingerprint density at radius 2 is 1.96 bits per heavy atom. The predicted octanol–water partition coefficient (Wildman–Crippen LogP) is 0.136. The van der Waals surface area contributed by atoms with E-state index in [-0.39, 0.29) is 11.7 Å². The van der Waals surface area contributed by atoms with Crippen LogP contribution in [0.3, 0.4) is 0 Å². The first-order valence-electron chi connectivity index (χ1n) is 8.41. The number of hydrogen-bond donors (Lipinski definition) is 4. The normalized spacial score (nSPS) is 25.0. The maximum Gasteiger partial charge on any atom is 0.256 e. The van der Waals surface area contributed by atoms with E-state index in [1.165, 1.54) is 12.4 Å². The van der Waals surface area contributed by atoms with Gasteiger partial charge in [-0.3, -0.25) is 9.20 Å². The van der Waals surface area contributed by atoms with Crippen LogP contribution in [-0.4, -0.2) is 60.5 Å². The predicted molar refractivity (Wildman–Crippen MR) is 94.1 cm³/mol. The molecule has 4 atom stereocenters. The maximum atomic E-state index is 12.4. The summed E-state index contributed by atoms with van der Waals surface area (Å²) in [6.45, 7) is -0.411. The molecule has 2 aromatic heterocycles. The van der Waals surface area contributed by atoms with E-state index in [4.69, 9.17) is 4.74 Å². The van der Waals surface area contributed by atoms with Crippen LogP contribution in [0, 0.1) is 0 Å². The van der Waals surface area contributed by atoms with Gasteiger partial charge in [0.25, 0.3) is 5.91 Å². The average Bonchev–Trinajstić information content (AvgIpc) is 3.25. The highest BCUT2D eigenvalue weighted by atomic mass is 16.6. The van der Waals surface area contributed by atoms with Gasteiger partial charge in [0.15, 0.2) is 11.5 Å². The lowest BCUT2D eigenvalue weighted by molar-refractivity contribution is -0.0241. The molecule has 1 amide bonds. The van der Waals surface area contributed by atoms with Crippen LogP contribution in [0.1, 0.15) is 22.2 Å². The Hall–Kier alpha value is -2.85. The first-order valence-corrected chi connectivity index (χ1v) is 8.41. The van der Waals surface area contributed by atoms with E-state index in [0.717, 1.165) is 0 Å². The molecule has 1 aliphatic rings. The van der Waals surface area contributed by atoms with Crippen molar-refractivity contribution < 1.29 is 24.9 Å². The van der Waals surface area contributed by atoms with E-state index in [1.807, 2.05) is 6.07 Å². The third-order valence-electron chi connectivity index (χ3n) is 4.56. The molecule has 9 nitrogen and oxygen atoms in total. The van der Waals surface area contributed by atoms with Gasteiger partial charge in [0.2, 0.25) is 0 Å². The van der Waals surface area contributed by atoms with E-state index in [2.05, 4.69) is 15.3 Å². The van der Waals surface area contributed by atoms with Crippen molar-refractivity contribution in [3.8, 4) is 0 Å². The standard InChI is InChI=1S/C18H18N4O5/c23-9-12-13(24)14(25)15(27-12)11-8-20-17-16(19-6-7-22(11)17)21-18(26)10-4-2-1-3-5-10/h1-8,12-15,23-25H,9H2,(H,19,21,26)/t12-,13-,14-,15+/m1/s1. The third-order valence-corrected chi connectivity index (χ3v) is 4.56. The summed E-state index contributed by atoms with van der Waals surface area (Å²) < 4.78 is 7.18. The number of carbonyl (C=O) groups is 1. The zero-order valence-electron chi connectivity index (χ0n) is 14.1. The van der Waals surface area contributed by atoms with Gasteiger partial charge in [-0.05, 0) is 12.1 Å². The van der Waals surface area contributed by atoms with E-state index >= 15 is 0 Å². The van der Waals surface area contributed by atoms with Crippen LogP contribution in [0.15, 0.2) is 48.9 Å². The Balaban J connectivity index is 1.65. The maximum absolute atomic E-state index is 12.4. The summed E-state index contributed by atoms with van der Waals surface area (Å²) in [4.78, 5) is 20.8. The van der Waals surface area contributed by atoms with Crippen LogP contribution >= 0.6 is 0 Å². The van der Waals surface area contributed by atoms with Gasteiger partial charge in [0.1, 0.15) is 24.4 Å². The Morgan fingerprint density at radius 1 is 1.19 bits per heavy atom. The molecule has 0 aliphatic carbocycles. The second kappa shape index (κ2) is 7.05. The Morgan fingerprint density at radius 3 is 2.67 bits per heavy atom. The number of nitrogens with zero attached hydrogens (tertiary/aromatic N) is 3. The number of aromatic nitrogens is 3. The quantitative estimate of drug-likeness (QED) is 0.514. The summed E-state index contributed by atoms with van der Waals surface area (Å²) in [7, 11) is 0. The number of aliphatic hydroxyl groups is 3. The largest absolute Gasteiger partial charge is 0.394 e. The van der Waals surface area contributed by atoms with Gasteiger partial charge in [0, 0.05) is 18.0 Å². The van der Waals surface area contributed by atoms with Gasteiger partial charge >= 0.3 is 0 Å². The van der Waals surface area contributed by atoms with E-state index in [0.29, 0.717) is 16.9 Å². The third kappa shape index (κ3) is 3.06. The average molecular weight is 370 g/mol. The molecule has 1 aliphatic heterocycles. The first kappa shape index (κ1) is 17.6. The first-order chi connectivity index (χ1) is 13.1. The molecule has 0 bridgehead atoms. The number of nitrogens with one attached hydrogen (secondary N) is 1. The van der Waals surface area contributed by atoms with Crippen molar-refractivity contribution in [1.82, 2.24) is 14.4 Å². The van der Waals surface area contributed by atoms with Gasteiger partial charge < -0.3 is 25.4 Å². The Kier molecular flexibility index (Phi) is 4.58. The van der Waals surface area contributed by atoms with Crippen LogP contribution < -0.4 is 5.32 Å². The highest BCUT2D eigenvalue weighted by Gasteiger charge is 2.44. The zero-order chi connectivity index (χ0) is 19.0. The van der Waals surface area contributed by atoms with Crippen LogP contribution in [0.4, 0.5) is 5.82 Å². The van der Waals surface area contributed by atoms with E-state index in [1.54, 1.807) is 34.9 Å². The summed E-state index contributed by atoms with van der Waals surface area (Å²) in [6, 6.07) is 8.71. The summed E-state index contributed by atoms with van der Waals surface area (Å²) >= 11 is 0. The van der Waals surface area contributed by atoms with Crippen molar-refractivity contribution in [2.24, 2.45) is 0 Å². The number of fused-ring (bicyclic) bond motifs is 1. The molecule has 1 aromatic carbocycles. The topological polar surface area (TPSA) is 129 Å². The van der Waals surface area contributed by atoms with Gasteiger partial charge in [-0.15, -0.1) is 0 Å². The number of imidazole rings is 1. The molecule has 140 valence electrons. The summed E-state index contributed by atoms with van der Waals surface area (Å²) in [5.41, 5.74) is 1.33.